The number of rotatable bonds is 2. The molecule has 0 saturated heterocycles. The summed E-state index contributed by atoms with van der Waals surface area (Å²) < 4.78 is 4.48. The summed E-state index contributed by atoms with van der Waals surface area (Å²) in [6.45, 7) is 2.31. The highest BCUT2D eigenvalue weighted by Gasteiger charge is 2.28. The van der Waals surface area contributed by atoms with Gasteiger partial charge >= 0.3 is 6.09 Å². The molecule has 1 atom stereocenters. The summed E-state index contributed by atoms with van der Waals surface area (Å²) in [5.74, 6) is -0.120. The maximum absolute atomic E-state index is 12.2. The third-order valence-corrected chi connectivity index (χ3v) is 3.04. The van der Waals surface area contributed by atoms with E-state index in [-0.39, 0.29) is 5.91 Å². The minimum atomic E-state index is -0.594. The summed E-state index contributed by atoms with van der Waals surface area (Å²) in [5, 5.41) is 2.48. The fraction of sp³-hybridized carbons (Fsp3) is 0.385. The molecule has 1 N–H and O–H groups in total. The minimum absolute atomic E-state index is 0.120. The highest BCUT2D eigenvalue weighted by molar-refractivity contribution is 6.00. The van der Waals surface area contributed by atoms with E-state index in [1.165, 1.54) is 7.11 Å². The van der Waals surface area contributed by atoms with Crippen LogP contribution in [0.25, 0.3) is 0 Å². The number of carbonyl (C=O) groups is 2. The van der Waals surface area contributed by atoms with Gasteiger partial charge in [-0.3, -0.25) is 4.79 Å². The molecule has 0 radical (unpaired) electrons. The maximum Gasteiger partial charge on any atom is 0.407 e. The molecule has 5 nitrogen and oxygen atoms in total. The molecule has 96 valence electrons. The number of carbonyl (C=O) groups excluding carboxylic acids is 2. The molecule has 1 heterocycles. The SMILES string of the molecule is COC(=O)N[C@@H](C)C(=O)N1CCc2ccccc21. The molecule has 1 aliphatic heterocycles. The van der Waals surface area contributed by atoms with Gasteiger partial charge in [-0.2, -0.15) is 0 Å². The zero-order chi connectivity index (χ0) is 13.1. The Morgan fingerprint density at radius 1 is 1.39 bits per heavy atom. The van der Waals surface area contributed by atoms with Crippen molar-refractivity contribution in [3.63, 3.8) is 0 Å². The van der Waals surface area contributed by atoms with Gasteiger partial charge < -0.3 is 15.0 Å². The Labute approximate surface area is 106 Å². The highest BCUT2D eigenvalue weighted by atomic mass is 16.5. The second-order valence-corrected chi connectivity index (χ2v) is 4.23. The first-order valence-corrected chi connectivity index (χ1v) is 5.87. The highest BCUT2D eigenvalue weighted by Crippen LogP contribution is 2.27. The van der Waals surface area contributed by atoms with Gasteiger partial charge in [0.2, 0.25) is 5.91 Å². The van der Waals surface area contributed by atoms with Crippen molar-refractivity contribution >= 4 is 17.7 Å². The first-order valence-electron chi connectivity index (χ1n) is 5.87. The molecule has 0 aliphatic carbocycles. The third-order valence-electron chi connectivity index (χ3n) is 3.04. The second-order valence-electron chi connectivity index (χ2n) is 4.23. The van der Waals surface area contributed by atoms with Crippen molar-refractivity contribution in [2.24, 2.45) is 0 Å². The van der Waals surface area contributed by atoms with Crippen LogP contribution < -0.4 is 10.2 Å². The number of hydrogen-bond donors (Lipinski definition) is 1. The third kappa shape index (κ3) is 2.30. The van der Waals surface area contributed by atoms with Gasteiger partial charge in [0.05, 0.1) is 7.11 Å². The number of methoxy groups -OCH3 is 1. The van der Waals surface area contributed by atoms with Crippen molar-refractivity contribution in [2.75, 3.05) is 18.6 Å². The van der Waals surface area contributed by atoms with Crippen molar-refractivity contribution in [3.05, 3.63) is 29.8 Å². The predicted molar refractivity (Wildman–Crippen MR) is 67.5 cm³/mol. The standard InChI is InChI=1S/C13H16N2O3/c1-9(14-13(17)18-2)12(16)15-8-7-10-5-3-4-6-11(10)15/h3-6,9H,7-8H2,1-2H3,(H,14,17)/t9-/m0/s1. The van der Waals surface area contributed by atoms with Gasteiger partial charge in [-0.25, -0.2) is 4.79 Å². The number of anilines is 1. The molecule has 2 amide bonds. The Kier molecular flexibility index (Phi) is 3.50. The first-order chi connectivity index (χ1) is 8.63. The van der Waals surface area contributed by atoms with Crippen LogP contribution in [0.5, 0.6) is 0 Å². The van der Waals surface area contributed by atoms with Crippen LogP contribution in [-0.2, 0) is 16.0 Å². The monoisotopic (exact) mass is 248 g/mol. The topological polar surface area (TPSA) is 58.6 Å². The largest absolute Gasteiger partial charge is 0.453 e. The smallest absolute Gasteiger partial charge is 0.407 e. The van der Waals surface area contributed by atoms with E-state index in [2.05, 4.69) is 10.1 Å². The van der Waals surface area contributed by atoms with Gasteiger partial charge in [0.1, 0.15) is 6.04 Å². The van der Waals surface area contributed by atoms with Gasteiger partial charge in [0, 0.05) is 12.2 Å². The van der Waals surface area contributed by atoms with E-state index in [1.807, 2.05) is 24.3 Å². The maximum atomic E-state index is 12.2. The van der Waals surface area contributed by atoms with Crippen LogP contribution in [0.1, 0.15) is 12.5 Å². The van der Waals surface area contributed by atoms with E-state index >= 15 is 0 Å². The number of nitrogens with zero attached hydrogens (tertiary/aromatic N) is 1. The van der Waals surface area contributed by atoms with E-state index in [9.17, 15) is 9.59 Å². The Hall–Kier alpha value is -2.04. The predicted octanol–water partition coefficient (Wildman–Crippen LogP) is 1.32. The second kappa shape index (κ2) is 5.08. The van der Waals surface area contributed by atoms with Gasteiger partial charge in [0.25, 0.3) is 0 Å². The van der Waals surface area contributed by atoms with Crippen LogP contribution >= 0.6 is 0 Å². The van der Waals surface area contributed by atoms with Crippen molar-refractivity contribution < 1.29 is 14.3 Å². The van der Waals surface area contributed by atoms with Gasteiger partial charge in [0.15, 0.2) is 0 Å². The Balaban J connectivity index is 2.09. The number of amides is 2. The number of ether oxygens (including phenoxy) is 1. The lowest BCUT2D eigenvalue weighted by molar-refractivity contribution is -0.120. The van der Waals surface area contributed by atoms with E-state index in [0.717, 1.165) is 17.7 Å². The van der Waals surface area contributed by atoms with E-state index in [0.29, 0.717) is 6.54 Å². The number of benzene rings is 1. The number of hydrogen-bond acceptors (Lipinski definition) is 3. The zero-order valence-electron chi connectivity index (χ0n) is 10.5. The van der Waals surface area contributed by atoms with Crippen LogP contribution in [0.15, 0.2) is 24.3 Å². The van der Waals surface area contributed by atoms with Crippen LogP contribution in [0.4, 0.5) is 10.5 Å². The number of para-hydroxylation sites is 1. The average molecular weight is 248 g/mol. The van der Waals surface area contributed by atoms with Gasteiger partial charge in [-0.1, -0.05) is 18.2 Å². The summed E-state index contributed by atoms with van der Waals surface area (Å²) in [7, 11) is 1.28. The van der Waals surface area contributed by atoms with Crippen molar-refractivity contribution in [2.45, 2.75) is 19.4 Å². The van der Waals surface area contributed by atoms with Gasteiger partial charge in [-0.15, -0.1) is 0 Å². The molecule has 18 heavy (non-hydrogen) atoms. The van der Waals surface area contributed by atoms with E-state index in [1.54, 1.807) is 11.8 Å². The Morgan fingerprint density at radius 3 is 2.83 bits per heavy atom. The fourth-order valence-corrected chi connectivity index (χ4v) is 2.10. The molecule has 1 aromatic carbocycles. The lowest BCUT2D eigenvalue weighted by Gasteiger charge is -2.21. The molecule has 1 aliphatic rings. The summed E-state index contributed by atoms with van der Waals surface area (Å²) in [6, 6.07) is 7.21. The van der Waals surface area contributed by atoms with E-state index < -0.39 is 12.1 Å². The Bertz CT molecular complexity index is 473. The minimum Gasteiger partial charge on any atom is -0.453 e. The summed E-state index contributed by atoms with van der Waals surface area (Å²) >= 11 is 0. The first kappa shape index (κ1) is 12.4. The lowest BCUT2D eigenvalue weighted by atomic mass is 10.2. The van der Waals surface area contributed by atoms with Crippen LogP contribution in [0.3, 0.4) is 0 Å². The van der Waals surface area contributed by atoms with Crippen molar-refractivity contribution in [3.8, 4) is 0 Å². The molecular formula is C13H16N2O3. The molecule has 5 heteroatoms. The molecule has 0 bridgehead atoms. The van der Waals surface area contributed by atoms with Crippen LogP contribution in [0, 0.1) is 0 Å². The quantitative estimate of drug-likeness (QED) is 0.858. The number of nitrogens with one attached hydrogen (secondary N) is 1. The molecule has 0 fully saturated rings. The molecular weight excluding hydrogens is 232 g/mol. The van der Waals surface area contributed by atoms with Crippen molar-refractivity contribution in [1.82, 2.24) is 5.32 Å². The Morgan fingerprint density at radius 2 is 2.11 bits per heavy atom. The zero-order valence-corrected chi connectivity index (χ0v) is 10.5. The average Bonchev–Trinajstić information content (AvgIpc) is 2.81. The van der Waals surface area contributed by atoms with Gasteiger partial charge in [-0.05, 0) is 25.0 Å². The molecule has 2 rings (SSSR count). The lowest BCUT2D eigenvalue weighted by Crippen LogP contribution is -2.46. The number of fused-ring (bicyclic) bond motifs is 1. The number of alkyl carbamates (subject to hydrolysis) is 1. The molecule has 0 spiro atoms. The van der Waals surface area contributed by atoms with Crippen LogP contribution in [-0.4, -0.2) is 31.7 Å². The molecule has 1 aromatic rings. The summed E-state index contributed by atoms with van der Waals surface area (Å²) in [5.41, 5.74) is 2.09. The molecule has 0 saturated carbocycles. The van der Waals surface area contributed by atoms with Crippen molar-refractivity contribution in [1.29, 1.82) is 0 Å². The van der Waals surface area contributed by atoms with E-state index in [4.69, 9.17) is 0 Å². The molecule has 0 aromatic heterocycles. The fourth-order valence-electron chi connectivity index (χ4n) is 2.10. The molecule has 0 unspecified atom stereocenters. The summed E-state index contributed by atoms with van der Waals surface area (Å²) in [4.78, 5) is 25.0. The summed E-state index contributed by atoms with van der Waals surface area (Å²) in [6.07, 6.45) is 0.260. The van der Waals surface area contributed by atoms with Crippen LogP contribution in [0.2, 0.25) is 0 Å². The normalized spacial score (nSPS) is 14.9.